The van der Waals surface area contributed by atoms with E-state index in [0.29, 0.717) is 16.8 Å². The van der Waals surface area contributed by atoms with Crippen LogP contribution < -0.4 is 10.0 Å². The Balaban J connectivity index is 1.85. The van der Waals surface area contributed by atoms with Crippen molar-refractivity contribution < 1.29 is 13.2 Å². The van der Waals surface area contributed by atoms with Gasteiger partial charge in [-0.1, -0.05) is 55.0 Å². The molecule has 3 aromatic rings. The van der Waals surface area contributed by atoms with Gasteiger partial charge in [0.2, 0.25) is 0 Å². The first-order valence-electron chi connectivity index (χ1n) is 10.3. The minimum absolute atomic E-state index is 0.128. The zero-order valence-corrected chi connectivity index (χ0v) is 19.1. The molecule has 0 radical (unpaired) electrons. The number of carbonyl (C=O) groups excluding carboxylic acids is 1. The highest BCUT2D eigenvalue weighted by Crippen LogP contribution is 2.25. The highest BCUT2D eigenvalue weighted by molar-refractivity contribution is 7.92. The second-order valence-electron chi connectivity index (χ2n) is 7.69. The first-order valence-corrected chi connectivity index (χ1v) is 11.8. The highest BCUT2D eigenvalue weighted by atomic mass is 32.2. The monoisotopic (exact) mass is 436 g/mol. The number of anilines is 1. The third-order valence-corrected chi connectivity index (χ3v) is 6.77. The average molecular weight is 437 g/mol. The van der Waals surface area contributed by atoms with Crippen molar-refractivity contribution in [2.75, 3.05) is 4.72 Å². The lowest BCUT2D eigenvalue weighted by atomic mass is 9.97. The molecule has 0 bridgehead atoms. The molecular formula is C25H28N2O3S. The Labute approximate surface area is 184 Å². The number of benzene rings is 3. The fraction of sp³-hybridized carbons (Fsp3) is 0.240. The Morgan fingerprint density at radius 2 is 1.65 bits per heavy atom. The van der Waals surface area contributed by atoms with Crippen LogP contribution in [0.2, 0.25) is 0 Å². The molecule has 2 N–H and O–H groups in total. The molecule has 31 heavy (non-hydrogen) atoms. The third-order valence-electron chi connectivity index (χ3n) is 5.39. The van der Waals surface area contributed by atoms with Gasteiger partial charge in [0.15, 0.2) is 0 Å². The fourth-order valence-corrected chi connectivity index (χ4v) is 4.79. The van der Waals surface area contributed by atoms with Gasteiger partial charge in [0.25, 0.3) is 15.9 Å². The van der Waals surface area contributed by atoms with E-state index in [2.05, 4.69) is 22.2 Å². The maximum absolute atomic E-state index is 13.1. The van der Waals surface area contributed by atoms with Crippen molar-refractivity contribution in [1.82, 2.24) is 5.32 Å². The van der Waals surface area contributed by atoms with Gasteiger partial charge < -0.3 is 5.32 Å². The van der Waals surface area contributed by atoms with E-state index in [0.717, 1.165) is 17.5 Å². The summed E-state index contributed by atoms with van der Waals surface area (Å²) in [6.45, 7) is 7.86. The summed E-state index contributed by atoms with van der Waals surface area (Å²) in [5.41, 5.74) is 4.80. The second-order valence-corrected chi connectivity index (χ2v) is 9.37. The molecule has 162 valence electrons. The van der Waals surface area contributed by atoms with Crippen LogP contribution in [0.1, 0.15) is 52.0 Å². The molecule has 3 aromatic carbocycles. The Morgan fingerprint density at radius 3 is 2.29 bits per heavy atom. The second kappa shape index (κ2) is 9.35. The van der Waals surface area contributed by atoms with Crippen LogP contribution in [-0.2, 0) is 10.0 Å². The summed E-state index contributed by atoms with van der Waals surface area (Å²) in [6.07, 6.45) is 0.745. The SMILES string of the molecule is CC[C@H](NC(=O)c1cccc(NS(=O)(=O)c2ccccc2)c1C)c1ccc(C)cc1C. The van der Waals surface area contributed by atoms with Gasteiger partial charge in [-0.2, -0.15) is 0 Å². The first-order chi connectivity index (χ1) is 14.7. The molecule has 0 spiro atoms. The number of sulfonamides is 1. The largest absolute Gasteiger partial charge is 0.345 e. The van der Waals surface area contributed by atoms with E-state index in [1.165, 1.54) is 17.7 Å². The quantitative estimate of drug-likeness (QED) is 0.528. The van der Waals surface area contributed by atoms with Crippen LogP contribution in [0.15, 0.2) is 71.6 Å². The van der Waals surface area contributed by atoms with Crippen LogP contribution in [0.3, 0.4) is 0 Å². The Hall–Kier alpha value is -3.12. The number of nitrogens with one attached hydrogen (secondary N) is 2. The molecule has 0 aromatic heterocycles. The number of aryl methyl sites for hydroxylation is 2. The normalized spacial score (nSPS) is 12.3. The molecule has 5 nitrogen and oxygen atoms in total. The van der Waals surface area contributed by atoms with Gasteiger partial charge in [-0.15, -0.1) is 0 Å². The van der Waals surface area contributed by atoms with Crippen LogP contribution in [0.5, 0.6) is 0 Å². The van der Waals surface area contributed by atoms with Crippen molar-refractivity contribution in [3.63, 3.8) is 0 Å². The topological polar surface area (TPSA) is 75.3 Å². The third kappa shape index (κ3) is 5.14. The van der Waals surface area contributed by atoms with E-state index in [4.69, 9.17) is 0 Å². The molecule has 0 aliphatic carbocycles. The molecule has 1 atom stereocenters. The minimum atomic E-state index is -3.74. The van der Waals surface area contributed by atoms with Gasteiger partial charge in [0.05, 0.1) is 16.6 Å². The lowest BCUT2D eigenvalue weighted by Crippen LogP contribution is -2.29. The summed E-state index contributed by atoms with van der Waals surface area (Å²) in [6, 6.07) is 19.3. The molecule has 0 aliphatic heterocycles. The summed E-state index contributed by atoms with van der Waals surface area (Å²) in [5, 5.41) is 3.11. The first kappa shape index (κ1) is 22.6. The molecule has 0 unspecified atom stereocenters. The molecule has 6 heteroatoms. The number of carbonyl (C=O) groups is 1. The molecular weight excluding hydrogens is 408 g/mol. The predicted molar refractivity (Wildman–Crippen MR) is 125 cm³/mol. The summed E-state index contributed by atoms with van der Waals surface area (Å²) in [4.78, 5) is 13.3. The average Bonchev–Trinajstić information content (AvgIpc) is 2.74. The van der Waals surface area contributed by atoms with Crippen molar-refractivity contribution in [2.24, 2.45) is 0 Å². The molecule has 0 aliphatic rings. The van der Waals surface area contributed by atoms with Gasteiger partial charge in [0.1, 0.15) is 0 Å². The van der Waals surface area contributed by atoms with Crippen molar-refractivity contribution in [1.29, 1.82) is 0 Å². The van der Waals surface area contributed by atoms with E-state index in [-0.39, 0.29) is 16.8 Å². The zero-order chi connectivity index (χ0) is 22.6. The molecule has 0 saturated heterocycles. The standard InChI is InChI=1S/C25H28N2O3S/c1-5-23(21-15-14-17(2)16-18(21)3)26-25(28)22-12-9-13-24(19(22)4)27-31(29,30)20-10-7-6-8-11-20/h6-16,23,27H,5H2,1-4H3,(H,26,28)/t23-/m0/s1. The van der Waals surface area contributed by atoms with E-state index >= 15 is 0 Å². The van der Waals surface area contributed by atoms with Crippen molar-refractivity contribution in [2.45, 2.75) is 45.1 Å². The highest BCUT2D eigenvalue weighted by Gasteiger charge is 2.20. The lowest BCUT2D eigenvalue weighted by molar-refractivity contribution is 0.0935. The maximum Gasteiger partial charge on any atom is 0.261 e. The molecule has 1 amide bonds. The van der Waals surface area contributed by atoms with Gasteiger partial charge in [-0.3, -0.25) is 9.52 Å². The summed E-state index contributed by atoms with van der Waals surface area (Å²) >= 11 is 0. The summed E-state index contributed by atoms with van der Waals surface area (Å²) in [5.74, 6) is -0.231. The van der Waals surface area contributed by atoms with E-state index < -0.39 is 10.0 Å². The van der Waals surface area contributed by atoms with Gasteiger partial charge in [-0.25, -0.2) is 8.42 Å². The Morgan fingerprint density at radius 1 is 0.935 bits per heavy atom. The van der Waals surface area contributed by atoms with Crippen molar-refractivity contribution in [3.8, 4) is 0 Å². The number of hydrogen-bond donors (Lipinski definition) is 2. The molecule has 3 rings (SSSR count). The predicted octanol–water partition coefficient (Wildman–Crippen LogP) is 5.29. The Bertz CT molecular complexity index is 1190. The van der Waals surface area contributed by atoms with Gasteiger partial charge in [-0.05, 0) is 68.1 Å². The lowest BCUT2D eigenvalue weighted by Gasteiger charge is -2.21. The van der Waals surface area contributed by atoms with E-state index in [9.17, 15) is 13.2 Å². The molecule has 0 fully saturated rings. The van der Waals surface area contributed by atoms with Crippen molar-refractivity contribution >= 4 is 21.6 Å². The molecule has 0 heterocycles. The minimum Gasteiger partial charge on any atom is -0.345 e. The van der Waals surface area contributed by atoms with Crippen LogP contribution in [0, 0.1) is 20.8 Å². The van der Waals surface area contributed by atoms with Crippen molar-refractivity contribution in [3.05, 3.63) is 94.5 Å². The fourth-order valence-electron chi connectivity index (χ4n) is 3.65. The Kier molecular flexibility index (Phi) is 6.81. The van der Waals surface area contributed by atoms with Crippen LogP contribution >= 0.6 is 0 Å². The smallest absolute Gasteiger partial charge is 0.261 e. The summed E-state index contributed by atoms with van der Waals surface area (Å²) < 4.78 is 28.0. The number of amides is 1. The molecule has 0 saturated carbocycles. The maximum atomic E-state index is 13.1. The zero-order valence-electron chi connectivity index (χ0n) is 18.3. The van der Waals surface area contributed by atoms with Gasteiger partial charge in [0, 0.05) is 5.56 Å². The van der Waals surface area contributed by atoms with Crippen LogP contribution in [-0.4, -0.2) is 14.3 Å². The van der Waals surface area contributed by atoms with E-state index in [1.807, 2.05) is 26.8 Å². The number of hydrogen-bond acceptors (Lipinski definition) is 3. The van der Waals surface area contributed by atoms with E-state index in [1.54, 1.807) is 43.3 Å². The van der Waals surface area contributed by atoms with Crippen LogP contribution in [0.25, 0.3) is 0 Å². The van der Waals surface area contributed by atoms with Gasteiger partial charge >= 0.3 is 0 Å². The number of rotatable bonds is 7. The van der Waals surface area contributed by atoms with Crippen LogP contribution in [0.4, 0.5) is 5.69 Å². The summed E-state index contributed by atoms with van der Waals surface area (Å²) in [7, 11) is -3.74.